The molecule has 1 aromatic carbocycles. The number of halogens is 1. The summed E-state index contributed by atoms with van der Waals surface area (Å²) < 4.78 is 7.21. The lowest BCUT2D eigenvalue weighted by Gasteiger charge is -2.09. The summed E-state index contributed by atoms with van der Waals surface area (Å²) in [5.74, 6) is 0.463. The van der Waals surface area contributed by atoms with Gasteiger partial charge in [-0.25, -0.2) is 0 Å². The van der Waals surface area contributed by atoms with Gasteiger partial charge in [-0.05, 0) is 45.0 Å². The van der Waals surface area contributed by atoms with Gasteiger partial charge in [0.15, 0.2) is 0 Å². The molecule has 0 radical (unpaired) electrons. The average molecular weight is 324 g/mol. The molecule has 0 aliphatic heterocycles. The van der Waals surface area contributed by atoms with Crippen molar-refractivity contribution in [3.8, 4) is 5.75 Å². The molecule has 0 unspecified atom stereocenters. The van der Waals surface area contributed by atoms with Crippen molar-refractivity contribution in [3.05, 3.63) is 41.2 Å². The molecule has 0 saturated carbocycles. The Morgan fingerprint density at radius 1 is 1.32 bits per heavy atom. The number of methoxy groups -OCH3 is 1. The molecule has 6 heteroatoms. The zero-order valence-corrected chi connectivity index (χ0v) is 14.1. The Bertz CT molecular complexity index is 680. The first-order chi connectivity index (χ1) is 9.97. The van der Waals surface area contributed by atoms with E-state index in [1.807, 2.05) is 19.9 Å². The van der Waals surface area contributed by atoms with Gasteiger partial charge in [0.1, 0.15) is 5.75 Å². The number of carbonyl (C=O) groups excluding carboxylic acids is 1. The molecular formula is C16H22ClN3O2. The van der Waals surface area contributed by atoms with Crippen molar-refractivity contribution >= 4 is 29.7 Å². The van der Waals surface area contributed by atoms with E-state index in [1.54, 1.807) is 25.3 Å². The fourth-order valence-electron chi connectivity index (χ4n) is 2.53. The van der Waals surface area contributed by atoms with Crippen LogP contribution in [0, 0.1) is 13.8 Å². The summed E-state index contributed by atoms with van der Waals surface area (Å²) >= 11 is 0. The lowest BCUT2D eigenvalue weighted by atomic mass is 10.2. The molecule has 0 bridgehead atoms. The number of hydrogen-bond acceptors (Lipinski definition) is 3. The number of benzene rings is 1. The summed E-state index contributed by atoms with van der Waals surface area (Å²) in [6.45, 7) is 6.86. The first kappa shape index (κ1) is 17.9. The summed E-state index contributed by atoms with van der Waals surface area (Å²) in [6.07, 6.45) is 0. The fourth-order valence-corrected chi connectivity index (χ4v) is 2.53. The number of aromatic nitrogens is 1. The minimum absolute atomic E-state index is 0. The molecule has 2 rings (SSSR count). The minimum atomic E-state index is -0.132. The Morgan fingerprint density at radius 2 is 2.00 bits per heavy atom. The van der Waals surface area contributed by atoms with Crippen LogP contribution in [0.4, 0.5) is 11.4 Å². The summed E-state index contributed by atoms with van der Waals surface area (Å²) in [5.41, 5.74) is 9.72. The van der Waals surface area contributed by atoms with Crippen molar-refractivity contribution in [2.45, 2.75) is 27.3 Å². The Hall–Kier alpha value is -2.14. The highest BCUT2D eigenvalue weighted by molar-refractivity contribution is 6.05. The van der Waals surface area contributed by atoms with Gasteiger partial charge in [0.2, 0.25) is 0 Å². The Kier molecular flexibility index (Phi) is 5.88. The summed E-state index contributed by atoms with van der Waals surface area (Å²) in [7, 11) is 1.56. The fraction of sp³-hybridized carbons (Fsp3) is 0.312. The third kappa shape index (κ3) is 3.36. The maximum Gasteiger partial charge on any atom is 0.257 e. The van der Waals surface area contributed by atoms with Crippen molar-refractivity contribution in [3.63, 3.8) is 0 Å². The highest BCUT2D eigenvalue weighted by Gasteiger charge is 2.15. The van der Waals surface area contributed by atoms with Crippen LogP contribution in [-0.4, -0.2) is 17.6 Å². The van der Waals surface area contributed by atoms with Crippen LogP contribution in [0.25, 0.3) is 0 Å². The predicted molar refractivity (Wildman–Crippen MR) is 92.2 cm³/mol. The van der Waals surface area contributed by atoms with E-state index < -0.39 is 0 Å². The van der Waals surface area contributed by atoms with E-state index in [0.29, 0.717) is 22.7 Å². The second kappa shape index (κ2) is 7.22. The van der Waals surface area contributed by atoms with Gasteiger partial charge in [-0.15, -0.1) is 12.4 Å². The van der Waals surface area contributed by atoms with Crippen LogP contribution in [0.15, 0.2) is 24.3 Å². The maximum absolute atomic E-state index is 12.4. The molecule has 1 amide bonds. The van der Waals surface area contributed by atoms with Gasteiger partial charge in [-0.2, -0.15) is 0 Å². The molecule has 5 nitrogen and oxygen atoms in total. The monoisotopic (exact) mass is 323 g/mol. The molecule has 0 aliphatic rings. The molecule has 0 aliphatic carbocycles. The van der Waals surface area contributed by atoms with Crippen LogP contribution in [0.2, 0.25) is 0 Å². The quantitative estimate of drug-likeness (QED) is 0.847. The van der Waals surface area contributed by atoms with E-state index >= 15 is 0 Å². The molecular weight excluding hydrogens is 302 g/mol. The summed E-state index contributed by atoms with van der Waals surface area (Å²) in [5, 5.41) is 2.87. The number of hydrogen-bond donors (Lipinski definition) is 2. The molecule has 3 N–H and O–H groups in total. The lowest BCUT2D eigenvalue weighted by molar-refractivity contribution is 0.102. The number of nitrogen functional groups attached to an aromatic ring is 1. The molecule has 0 spiro atoms. The van der Waals surface area contributed by atoms with Crippen LogP contribution in [0.1, 0.15) is 28.7 Å². The first-order valence-electron chi connectivity index (χ1n) is 6.89. The Morgan fingerprint density at radius 3 is 2.50 bits per heavy atom. The standard InChI is InChI=1S/C16H21N3O2.ClH/c1-5-19-10(2)8-13(11(19)3)16(20)18-12-6-7-15(21-4)14(17)9-12;/h6-9H,5,17H2,1-4H3,(H,18,20);1H. The van der Waals surface area contributed by atoms with Crippen molar-refractivity contribution in [2.75, 3.05) is 18.2 Å². The number of amides is 1. The molecule has 22 heavy (non-hydrogen) atoms. The van der Waals surface area contributed by atoms with Crippen LogP contribution >= 0.6 is 12.4 Å². The third-order valence-electron chi connectivity index (χ3n) is 3.62. The summed E-state index contributed by atoms with van der Waals surface area (Å²) in [4.78, 5) is 12.4. The van der Waals surface area contributed by atoms with E-state index in [1.165, 1.54) is 0 Å². The number of aryl methyl sites for hydroxylation is 1. The largest absolute Gasteiger partial charge is 0.495 e. The van der Waals surface area contributed by atoms with Crippen molar-refractivity contribution in [1.29, 1.82) is 0 Å². The van der Waals surface area contributed by atoms with Crippen molar-refractivity contribution < 1.29 is 9.53 Å². The molecule has 0 saturated heterocycles. The van der Waals surface area contributed by atoms with Gasteiger partial charge in [0.05, 0.1) is 18.4 Å². The number of ether oxygens (including phenoxy) is 1. The zero-order chi connectivity index (χ0) is 15.6. The van der Waals surface area contributed by atoms with E-state index in [9.17, 15) is 4.79 Å². The number of carbonyl (C=O) groups is 1. The smallest absolute Gasteiger partial charge is 0.257 e. The van der Waals surface area contributed by atoms with Crippen LogP contribution in [0.5, 0.6) is 5.75 Å². The molecule has 2 aromatic rings. The number of nitrogens with zero attached hydrogens (tertiary/aromatic N) is 1. The van der Waals surface area contributed by atoms with Crippen molar-refractivity contribution in [1.82, 2.24) is 4.57 Å². The van der Waals surface area contributed by atoms with Crippen LogP contribution in [0.3, 0.4) is 0 Å². The van der Waals surface area contributed by atoms with Gasteiger partial charge in [-0.3, -0.25) is 4.79 Å². The summed E-state index contributed by atoms with van der Waals surface area (Å²) in [6, 6.07) is 7.10. The topological polar surface area (TPSA) is 69.3 Å². The number of nitrogens with one attached hydrogen (secondary N) is 1. The third-order valence-corrected chi connectivity index (χ3v) is 3.62. The van der Waals surface area contributed by atoms with Crippen molar-refractivity contribution in [2.24, 2.45) is 0 Å². The number of anilines is 2. The van der Waals surface area contributed by atoms with E-state index in [0.717, 1.165) is 17.9 Å². The molecule has 120 valence electrons. The van der Waals surface area contributed by atoms with Crippen LogP contribution in [-0.2, 0) is 6.54 Å². The molecule has 1 aromatic heterocycles. The Labute approximate surface area is 136 Å². The average Bonchev–Trinajstić information content (AvgIpc) is 2.73. The normalized spacial score (nSPS) is 10.0. The molecule has 1 heterocycles. The van der Waals surface area contributed by atoms with Gasteiger partial charge < -0.3 is 20.4 Å². The second-order valence-corrected chi connectivity index (χ2v) is 4.94. The second-order valence-electron chi connectivity index (χ2n) is 4.94. The molecule has 0 atom stereocenters. The van der Waals surface area contributed by atoms with E-state index in [4.69, 9.17) is 10.5 Å². The maximum atomic E-state index is 12.4. The first-order valence-corrected chi connectivity index (χ1v) is 6.89. The molecule has 0 fully saturated rings. The number of rotatable bonds is 4. The van der Waals surface area contributed by atoms with E-state index in [2.05, 4.69) is 16.8 Å². The van der Waals surface area contributed by atoms with Crippen LogP contribution < -0.4 is 15.8 Å². The van der Waals surface area contributed by atoms with Gasteiger partial charge in [0.25, 0.3) is 5.91 Å². The minimum Gasteiger partial charge on any atom is -0.495 e. The number of nitrogens with two attached hydrogens (primary N) is 1. The van der Waals surface area contributed by atoms with Gasteiger partial charge in [0, 0.05) is 23.6 Å². The predicted octanol–water partition coefficient (Wildman–Crippen LogP) is 3.39. The highest BCUT2D eigenvalue weighted by atomic mass is 35.5. The SMILES string of the molecule is CCn1c(C)cc(C(=O)Nc2ccc(OC)c(N)c2)c1C.Cl. The lowest BCUT2D eigenvalue weighted by Crippen LogP contribution is -2.13. The van der Waals surface area contributed by atoms with Gasteiger partial charge >= 0.3 is 0 Å². The zero-order valence-electron chi connectivity index (χ0n) is 13.3. The van der Waals surface area contributed by atoms with E-state index in [-0.39, 0.29) is 18.3 Å². The highest BCUT2D eigenvalue weighted by Crippen LogP contribution is 2.25. The Balaban J connectivity index is 0.00000242. The van der Waals surface area contributed by atoms with Gasteiger partial charge in [-0.1, -0.05) is 0 Å².